The van der Waals surface area contributed by atoms with E-state index in [0.717, 1.165) is 50.2 Å². The number of aromatic nitrogens is 3. The van der Waals surface area contributed by atoms with Crippen molar-refractivity contribution in [2.75, 3.05) is 26.7 Å². The largest absolute Gasteiger partial charge is 0.489 e. The van der Waals surface area contributed by atoms with Crippen molar-refractivity contribution in [3.8, 4) is 11.6 Å². The van der Waals surface area contributed by atoms with Gasteiger partial charge in [-0.15, -0.1) is 4.91 Å². The number of pyridine rings is 1. The maximum absolute atomic E-state index is 12.0. The Balaban J connectivity index is 1.40. The number of piperidine rings is 1. The number of benzene rings is 1. The van der Waals surface area contributed by atoms with Gasteiger partial charge in [0.25, 0.3) is 0 Å². The number of hydrogen-bond acceptors (Lipinski definition) is 6. The summed E-state index contributed by atoms with van der Waals surface area (Å²) in [4.78, 5) is 30.3. The first kappa shape index (κ1) is 28.9. The van der Waals surface area contributed by atoms with Crippen LogP contribution in [-0.4, -0.2) is 52.3 Å². The van der Waals surface area contributed by atoms with Crippen LogP contribution in [0.2, 0.25) is 0 Å². The number of nitroso groups, excluding NO2 is 1. The first-order valence-electron chi connectivity index (χ1n) is 15.0. The van der Waals surface area contributed by atoms with Crippen molar-refractivity contribution in [1.82, 2.24) is 19.7 Å². The summed E-state index contributed by atoms with van der Waals surface area (Å²) in [6.45, 7) is 9.28. The fraction of sp³-hybridized carbons (Fsp3) is 0.485. The number of rotatable bonds is 9. The van der Waals surface area contributed by atoms with Gasteiger partial charge in [-0.3, -0.25) is 4.79 Å². The molecule has 1 unspecified atom stereocenters. The molecule has 0 bridgehead atoms. The highest BCUT2D eigenvalue weighted by Crippen LogP contribution is 2.37. The third-order valence-corrected chi connectivity index (χ3v) is 8.87. The summed E-state index contributed by atoms with van der Waals surface area (Å²) in [6, 6.07) is 12.6. The molecule has 1 amide bonds. The Labute approximate surface area is 242 Å². The van der Waals surface area contributed by atoms with Gasteiger partial charge in [0.15, 0.2) is 5.82 Å². The molecule has 1 fully saturated rings. The van der Waals surface area contributed by atoms with Crippen LogP contribution < -0.4 is 4.74 Å². The van der Waals surface area contributed by atoms with Crippen molar-refractivity contribution in [3.63, 3.8) is 0 Å². The molecule has 1 atom stereocenters. The monoisotopic (exact) mass is 555 g/mol. The van der Waals surface area contributed by atoms with E-state index < -0.39 is 5.91 Å². The van der Waals surface area contributed by atoms with Crippen LogP contribution in [0.25, 0.3) is 11.4 Å². The smallest absolute Gasteiger partial charge is 0.320 e. The van der Waals surface area contributed by atoms with E-state index in [1.807, 2.05) is 25.1 Å². The molecule has 3 heterocycles. The summed E-state index contributed by atoms with van der Waals surface area (Å²) < 4.78 is 8.12. The molecule has 1 aliphatic carbocycles. The first-order chi connectivity index (χ1) is 19.9. The summed E-state index contributed by atoms with van der Waals surface area (Å²) in [5, 5.41) is 6.96. The van der Waals surface area contributed by atoms with Gasteiger partial charge < -0.3 is 9.64 Å². The second-order valence-electron chi connectivity index (χ2n) is 11.4. The lowest BCUT2D eigenvalue weighted by molar-refractivity contribution is 0.1000. The minimum atomic E-state index is -0.807. The van der Waals surface area contributed by atoms with Crippen LogP contribution in [0.4, 0.5) is 0 Å². The van der Waals surface area contributed by atoms with Crippen molar-refractivity contribution < 1.29 is 9.53 Å². The summed E-state index contributed by atoms with van der Waals surface area (Å²) in [5.41, 5.74) is 7.14. The van der Waals surface area contributed by atoms with Gasteiger partial charge in [0.1, 0.15) is 12.4 Å². The van der Waals surface area contributed by atoms with E-state index in [2.05, 4.69) is 54.3 Å². The average Bonchev–Trinajstić information content (AvgIpc) is 3.44. The van der Waals surface area contributed by atoms with Gasteiger partial charge in [0.2, 0.25) is 0 Å². The number of likely N-dealkylation sites (tertiary alicyclic amines) is 1. The Kier molecular flexibility index (Phi) is 9.08. The van der Waals surface area contributed by atoms with E-state index in [-0.39, 0.29) is 5.56 Å². The second-order valence-corrected chi connectivity index (χ2v) is 11.4. The van der Waals surface area contributed by atoms with Crippen molar-refractivity contribution in [1.29, 1.82) is 0 Å². The molecule has 216 valence electrons. The maximum atomic E-state index is 12.0. The molecule has 1 saturated heterocycles. The minimum Gasteiger partial charge on any atom is -0.489 e. The SMILES string of the molecule is CCc1cc(OCC2=C(c3cccc(-n4ncc(C(=O)N=O)c4CC)n3)CCCC2C)ccc1C1CCN(C)CC1. The lowest BCUT2D eigenvalue weighted by Crippen LogP contribution is -2.29. The average molecular weight is 556 g/mol. The first-order valence-corrected chi connectivity index (χ1v) is 15.0. The van der Waals surface area contributed by atoms with E-state index in [1.54, 1.807) is 4.68 Å². The molecule has 0 spiro atoms. The Morgan fingerprint density at radius 3 is 2.63 bits per heavy atom. The lowest BCUT2D eigenvalue weighted by atomic mass is 9.82. The molecule has 41 heavy (non-hydrogen) atoms. The zero-order chi connectivity index (χ0) is 28.9. The van der Waals surface area contributed by atoms with Crippen LogP contribution in [0.5, 0.6) is 5.75 Å². The number of ether oxygens (including phenoxy) is 1. The highest BCUT2D eigenvalue weighted by atomic mass is 16.5. The highest BCUT2D eigenvalue weighted by molar-refractivity contribution is 5.95. The van der Waals surface area contributed by atoms with Gasteiger partial charge in [-0.25, -0.2) is 9.67 Å². The lowest BCUT2D eigenvalue weighted by Gasteiger charge is -2.30. The Morgan fingerprint density at radius 1 is 1.10 bits per heavy atom. The van der Waals surface area contributed by atoms with Gasteiger partial charge in [0.05, 0.1) is 23.1 Å². The molecule has 3 aromatic rings. The molecule has 2 aromatic heterocycles. The normalized spacial score (nSPS) is 18.5. The number of carbonyl (C=O) groups excluding carboxylic acids is 1. The molecule has 0 saturated carbocycles. The summed E-state index contributed by atoms with van der Waals surface area (Å²) >= 11 is 0. The number of nitrogens with zero attached hydrogens (tertiary/aromatic N) is 5. The molecule has 8 nitrogen and oxygen atoms in total. The van der Waals surface area contributed by atoms with E-state index in [1.165, 1.54) is 41.3 Å². The summed E-state index contributed by atoms with van der Waals surface area (Å²) in [6.07, 6.45) is 8.53. The van der Waals surface area contributed by atoms with Crippen molar-refractivity contribution in [2.24, 2.45) is 11.1 Å². The van der Waals surface area contributed by atoms with E-state index in [0.29, 0.717) is 36.4 Å². The van der Waals surface area contributed by atoms with Crippen molar-refractivity contribution in [2.45, 2.75) is 71.6 Å². The maximum Gasteiger partial charge on any atom is 0.320 e. The predicted molar refractivity (Wildman–Crippen MR) is 162 cm³/mol. The number of amides is 1. The molecule has 8 heteroatoms. The quantitative estimate of drug-likeness (QED) is 0.271. The molecular formula is C33H41N5O3. The summed E-state index contributed by atoms with van der Waals surface area (Å²) in [7, 11) is 2.21. The zero-order valence-electron chi connectivity index (χ0n) is 24.7. The fourth-order valence-corrected chi connectivity index (χ4v) is 6.44. The molecule has 0 radical (unpaired) electrons. The Hall–Kier alpha value is -3.65. The van der Waals surface area contributed by atoms with E-state index >= 15 is 0 Å². The second kappa shape index (κ2) is 12.9. The van der Waals surface area contributed by atoms with Crippen LogP contribution in [0.15, 0.2) is 53.3 Å². The number of carbonyl (C=O) groups is 1. The van der Waals surface area contributed by atoms with Crippen LogP contribution in [0.1, 0.15) is 91.7 Å². The van der Waals surface area contributed by atoms with Crippen LogP contribution in [-0.2, 0) is 12.8 Å². The number of hydrogen-bond donors (Lipinski definition) is 0. The van der Waals surface area contributed by atoms with Gasteiger partial charge in [-0.05, 0) is 123 Å². The van der Waals surface area contributed by atoms with Crippen LogP contribution in [0.3, 0.4) is 0 Å². The molecular weight excluding hydrogens is 514 g/mol. The molecule has 1 aromatic carbocycles. The molecule has 2 aliphatic rings. The van der Waals surface area contributed by atoms with Crippen molar-refractivity contribution >= 4 is 11.5 Å². The standard InChI is InChI=1S/C33H41N5O3/c1-5-23-19-25(13-14-26(23)24-15-17-37(4)18-16-24)41-21-29-22(3)9-7-10-27(29)30-11-8-12-32(35-30)38-31(6-2)28(20-34-38)33(39)36-40/h8,11-14,19-20,22,24H,5-7,9-10,15-18,21H2,1-4H3. The van der Waals surface area contributed by atoms with Crippen LogP contribution in [0, 0.1) is 10.8 Å². The fourth-order valence-electron chi connectivity index (χ4n) is 6.44. The van der Waals surface area contributed by atoms with E-state index in [4.69, 9.17) is 9.72 Å². The molecule has 5 rings (SSSR count). The topological polar surface area (TPSA) is 89.7 Å². The third kappa shape index (κ3) is 6.17. The van der Waals surface area contributed by atoms with Crippen LogP contribution >= 0.6 is 0 Å². The zero-order valence-corrected chi connectivity index (χ0v) is 24.7. The van der Waals surface area contributed by atoms with Gasteiger partial charge in [-0.1, -0.05) is 32.9 Å². The predicted octanol–water partition coefficient (Wildman–Crippen LogP) is 6.76. The molecule has 0 N–H and O–H groups in total. The third-order valence-electron chi connectivity index (χ3n) is 8.87. The number of aryl methyl sites for hydroxylation is 1. The number of allylic oxidation sites excluding steroid dienone is 1. The molecule has 1 aliphatic heterocycles. The van der Waals surface area contributed by atoms with Crippen molar-refractivity contribution in [3.05, 3.63) is 81.2 Å². The Morgan fingerprint density at radius 2 is 1.90 bits per heavy atom. The van der Waals surface area contributed by atoms with Gasteiger partial charge >= 0.3 is 5.91 Å². The van der Waals surface area contributed by atoms with Gasteiger partial charge in [-0.2, -0.15) is 5.10 Å². The van der Waals surface area contributed by atoms with Gasteiger partial charge in [0, 0.05) is 5.18 Å². The minimum absolute atomic E-state index is 0.225. The summed E-state index contributed by atoms with van der Waals surface area (Å²) in [5.74, 6) is 1.76. The van der Waals surface area contributed by atoms with E-state index in [9.17, 15) is 9.70 Å². The Bertz CT molecular complexity index is 1430. The highest BCUT2D eigenvalue weighted by Gasteiger charge is 2.24.